The average Bonchev–Trinajstić information content (AvgIpc) is 2.81. The van der Waals surface area contributed by atoms with Crippen molar-refractivity contribution < 1.29 is 0 Å². The zero-order valence-corrected chi connectivity index (χ0v) is 11.6. The van der Waals surface area contributed by atoms with Crippen LogP contribution in [-0.4, -0.2) is 33.7 Å². The van der Waals surface area contributed by atoms with Gasteiger partial charge in [-0.1, -0.05) is 0 Å². The summed E-state index contributed by atoms with van der Waals surface area (Å²) in [6, 6.07) is 2.31. The molecule has 0 spiro atoms. The number of anilines is 1. The van der Waals surface area contributed by atoms with Crippen LogP contribution in [0.4, 0.5) is 5.82 Å². The van der Waals surface area contributed by atoms with Gasteiger partial charge in [-0.25, -0.2) is 9.97 Å². The Morgan fingerprint density at radius 1 is 1.32 bits per heavy atom. The van der Waals surface area contributed by atoms with Crippen LogP contribution in [0.3, 0.4) is 0 Å². The largest absolute Gasteiger partial charge is 0.355 e. The summed E-state index contributed by atoms with van der Waals surface area (Å²) in [5, 5.41) is 0. The number of nitrogens with zero attached hydrogens (tertiary/aromatic N) is 4. The van der Waals surface area contributed by atoms with E-state index in [9.17, 15) is 0 Å². The first kappa shape index (κ1) is 12.4. The Bertz CT molecular complexity index is 566. The number of aromatic nitrogens is 3. The van der Waals surface area contributed by atoms with Crippen molar-refractivity contribution in [2.45, 2.75) is 25.8 Å². The first-order valence-electron chi connectivity index (χ1n) is 6.93. The molecular formula is C14H21N5. The van der Waals surface area contributed by atoms with Gasteiger partial charge in [-0.2, -0.15) is 0 Å². The zero-order valence-electron chi connectivity index (χ0n) is 11.6. The van der Waals surface area contributed by atoms with Gasteiger partial charge in [0.25, 0.3) is 0 Å². The van der Waals surface area contributed by atoms with Gasteiger partial charge in [0, 0.05) is 32.4 Å². The fourth-order valence-corrected chi connectivity index (χ4v) is 2.92. The van der Waals surface area contributed by atoms with E-state index in [-0.39, 0.29) is 0 Å². The molecule has 1 atom stereocenters. The number of hydrogen-bond acceptors (Lipinski definition) is 4. The minimum absolute atomic E-state index is 0.292. The summed E-state index contributed by atoms with van der Waals surface area (Å²) in [5.74, 6) is 1.65. The molecule has 1 aliphatic heterocycles. The molecular weight excluding hydrogens is 238 g/mol. The molecule has 19 heavy (non-hydrogen) atoms. The fraction of sp³-hybridized carbons (Fsp3) is 0.571. The maximum atomic E-state index is 6.00. The van der Waals surface area contributed by atoms with E-state index in [1.807, 2.05) is 30.2 Å². The van der Waals surface area contributed by atoms with Crippen molar-refractivity contribution in [1.82, 2.24) is 14.5 Å². The van der Waals surface area contributed by atoms with E-state index in [0.717, 1.165) is 42.8 Å². The van der Waals surface area contributed by atoms with Crippen molar-refractivity contribution >= 4 is 16.9 Å². The van der Waals surface area contributed by atoms with Crippen molar-refractivity contribution in [3.8, 4) is 0 Å². The topological polar surface area (TPSA) is 60.0 Å². The van der Waals surface area contributed by atoms with Crippen LogP contribution in [-0.2, 0) is 7.05 Å². The van der Waals surface area contributed by atoms with Crippen LogP contribution < -0.4 is 10.6 Å². The second-order valence-electron chi connectivity index (χ2n) is 5.54. The number of piperidine rings is 1. The predicted molar refractivity (Wildman–Crippen MR) is 77.1 cm³/mol. The van der Waals surface area contributed by atoms with Crippen molar-refractivity contribution in [2.75, 3.05) is 18.0 Å². The highest BCUT2D eigenvalue weighted by Gasteiger charge is 2.24. The Morgan fingerprint density at radius 3 is 2.74 bits per heavy atom. The summed E-state index contributed by atoms with van der Waals surface area (Å²) in [4.78, 5) is 11.4. The molecule has 1 saturated heterocycles. The number of rotatable bonds is 2. The summed E-state index contributed by atoms with van der Waals surface area (Å²) in [7, 11) is 2.02. The Kier molecular flexibility index (Phi) is 3.14. The van der Waals surface area contributed by atoms with E-state index < -0.39 is 0 Å². The quantitative estimate of drug-likeness (QED) is 0.888. The highest BCUT2D eigenvalue weighted by Crippen LogP contribution is 2.27. The van der Waals surface area contributed by atoms with Crippen molar-refractivity contribution in [3.63, 3.8) is 0 Å². The minimum Gasteiger partial charge on any atom is -0.355 e. The van der Waals surface area contributed by atoms with Crippen LogP contribution in [0.1, 0.15) is 19.8 Å². The van der Waals surface area contributed by atoms with Gasteiger partial charge in [0.1, 0.15) is 5.52 Å². The second-order valence-corrected chi connectivity index (χ2v) is 5.54. The van der Waals surface area contributed by atoms with E-state index in [1.165, 1.54) is 0 Å². The summed E-state index contributed by atoms with van der Waals surface area (Å²) in [5.41, 5.74) is 8.14. The van der Waals surface area contributed by atoms with E-state index in [2.05, 4.69) is 21.8 Å². The number of nitrogens with two attached hydrogens (primary N) is 1. The Balaban J connectivity index is 1.86. The number of fused-ring (bicyclic) bond motifs is 1. The molecule has 2 N–H and O–H groups in total. The molecule has 1 aliphatic rings. The third-order valence-corrected chi connectivity index (χ3v) is 4.21. The summed E-state index contributed by atoms with van der Waals surface area (Å²) in [6.45, 7) is 4.15. The van der Waals surface area contributed by atoms with Gasteiger partial charge in [0.2, 0.25) is 0 Å². The number of hydrogen-bond donors (Lipinski definition) is 1. The highest BCUT2D eigenvalue weighted by molar-refractivity contribution is 5.86. The monoisotopic (exact) mass is 259 g/mol. The number of aryl methyl sites for hydroxylation is 1. The Labute approximate surface area is 113 Å². The molecule has 0 saturated carbocycles. The molecule has 0 bridgehead atoms. The van der Waals surface area contributed by atoms with Crippen LogP contribution in [0.25, 0.3) is 11.0 Å². The molecule has 0 aliphatic carbocycles. The molecule has 3 heterocycles. The lowest BCUT2D eigenvalue weighted by Gasteiger charge is -2.34. The van der Waals surface area contributed by atoms with Gasteiger partial charge in [-0.3, -0.25) is 0 Å². The lowest BCUT2D eigenvalue weighted by Crippen LogP contribution is -2.40. The summed E-state index contributed by atoms with van der Waals surface area (Å²) >= 11 is 0. The lowest BCUT2D eigenvalue weighted by atomic mass is 9.91. The average molecular weight is 259 g/mol. The van der Waals surface area contributed by atoms with Gasteiger partial charge in [-0.15, -0.1) is 0 Å². The zero-order chi connectivity index (χ0) is 13.4. The van der Waals surface area contributed by atoms with Crippen LogP contribution in [0.15, 0.2) is 18.6 Å². The Hall–Kier alpha value is -1.62. The van der Waals surface area contributed by atoms with Gasteiger partial charge < -0.3 is 15.2 Å². The molecule has 0 aromatic carbocycles. The molecule has 0 radical (unpaired) electrons. The van der Waals surface area contributed by atoms with Gasteiger partial charge in [0.15, 0.2) is 5.82 Å². The van der Waals surface area contributed by atoms with E-state index >= 15 is 0 Å². The van der Waals surface area contributed by atoms with E-state index in [0.29, 0.717) is 12.0 Å². The summed E-state index contributed by atoms with van der Waals surface area (Å²) in [6.07, 6.45) is 6.01. The summed E-state index contributed by atoms with van der Waals surface area (Å²) < 4.78 is 2.04. The van der Waals surface area contributed by atoms with Crippen LogP contribution >= 0.6 is 0 Å². The van der Waals surface area contributed by atoms with Crippen molar-refractivity contribution in [1.29, 1.82) is 0 Å². The number of imidazole rings is 1. The smallest absolute Gasteiger partial charge is 0.156 e. The standard InChI is InChI=1S/C14H21N5/c1-10(15)11-4-7-19(8-5-11)14-13-12(3-6-16-14)18(2)9-17-13/h3,6,9-11H,4-5,7-8,15H2,1-2H3. The van der Waals surface area contributed by atoms with Crippen LogP contribution in [0, 0.1) is 5.92 Å². The third kappa shape index (κ3) is 2.18. The lowest BCUT2D eigenvalue weighted by molar-refractivity contribution is 0.354. The van der Waals surface area contributed by atoms with Crippen molar-refractivity contribution in [3.05, 3.63) is 18.6 Å². The molecule has 1 fully saturated rings. The highest BCUT2D eigenvalue weighted by atomic mass is 15.2. The predicted octanol–water partition coefficient (Wildman–Crippen LogP) is 1.53. The van der Waals surface area contributed by atoms with Gasteiger partial charge >= 0.3 is 0 Å². The number of pyridine rings is 1. The fourth-order valence-electron chi connectivity index (χ4n) is 2.92. The molecule has 0 amide bonds. The molecule has 5 nitrogen and oxygen atoms in total. The van der Waals surface area contributed by atoms with Gasteiger partial charge in [-0.05, 0) is 31.7 Å². The molecule has 3 rings (SSSR count). The van der Waals surface area contributed by atoms with Gasteiger partial charge in [0.05, 0.1) is 11.8 Å². The molecule has 2 aromatic rings. The van der Waals surface area contributed by atoms with Crippen LogP contribution in [0.2, 0.25) is 0 Å². The van der Waals surface area contributed by atoms with E-state index in [1.54, 1.807) is 0 Å². The van der Waals surface area contributed by atoms with E-state index in [4.69, 9.17) is 5.73 Å². The molecule has 1 unspecified atom stereocenters. The van der Waals surface area contributed by atoms with Crippen molar-refractivity contribution in [2.24, 2.45) is 18.7 Å². The van der Waals surface area contributed by atoms with Crippen LogP contribution in [0.5, 0.6) is 0 Å². The first-order valence-corrected chi connectivity index (χ1v) is 6.93. The minimum atomic E-state index is 0.292. The first-order chi connectivity index (χ1) is 9.16. The maximum Gasteiger partial charge on any atom is 0.156 e. The SMILES string of the molecule is CC(N)C1CCN(c2nccc3c2ncn3C)CC1. The molecule has 2 aromatic heterocycles. The third-order valence-electron chi connectivity index (χ3n) is 4.21. The second kappa shape index (κ2) is 4.81. The Morgan fingerprint density at radius 2 is 2.05 bits per heavy atom. The maximum absolute atomic E-state index is 6.00. The normalized spacial score (nSPS) is 19.0. The molecule has 5 heteroatoms. The molecule has 102 valence electrons.